The van der Waals surface area contributed by atoms with Crippen molar-refractivity contribution in [2.24, 2.45) is 11.8 Å². The molecule has 1 aromatic carbocycles. The minimum atomic E-state index is -4.37. The minimum absolute atomic E-state index is 0.0131. The van der Waals surface area contributed by atoms with Crippen molar-refractivity contribution in [2.45, 2.75) is 45.3 Å². The highest BCUT2D eigenvalue weighted by atomic mass is 19.4. The largest absolute Gasteiger partial charge is 0.416 e. The Morgan fingerprint density at radius 3 is 2.28 bits per heavy atom. The molecule has 0 aliphatic carbocycles. The molecule has 174 valence electrons. The molecule has 1 saturated heterocycles. The van der Waals surface area contributed by atoms with Crippen molar-refractivity contribution in [3.8, 4) is 0 Å². The summed E-state index contributed by atoms with van der Waals surface area (Å²) >= 11 is 0. The highest BCUT2D eigenvalue weighted by Gasteiger charge is 2.30. The Hall–Kier alpha value is -2.77. The smallest absolute Gasteiger partial charge is 0.373 e. The molecule has 8 heteroatoms. The number of amides is 1. The summed E-state index contributed by atoms with van der Waals surface area (Å²) in [6, 6.07) is 8.31. The summed E-state index contributed by atoms with van der Waals surface area (Å²) in [5.74, 6) is 0.420. The fourth-order valence-corrected chi connectivity index (χ4v) is 4.01. The molecule has 0 unspecified atom stereocenters. The van der Waals surface area contributed by atoms with E-state index in [1.54, 1.807) is 12.4 Å². The summed E-state index contributed by atoms with van der Waals surface area (Å²) in [7, 11) is 0. The first-order chi connectivity index (χ1) is 15.2. The number of carbonyl (C=O) groups excluding carboxylic acids is 1. The van der Waals surface area contributed by atoms with Crippen LogP contribution < -0.4 is 15.5 Å². The van der Waals surface area contributed by atoms with Crippen LogP contribution in [0.4, 0.5) is 24.5 Å². The van der Waals surface area contributed by atoms with Crippen molar-refractivity contribution >= 4 is 17.3 Å². The normalized spacial score (nSPS) is 16.1. The topological polar surface area (TPSA) is 57.3 Å². The summed E-state index contributed by atoms with van der Waals surface area (Å²) in [5.41, 5.74) is 0.986. The van der Waals surface area contributed by atoms with E-state index < -0.39 is 17.8 Å². The molecule has 1 aromatic heterocycles. The van der Waals surface area contributed by atoms with Crippen LogP contribution in [-0.4, -0.2) is 36.6 Å². The number of hydrogen-bond acceptors (Lipinski definition) is 4. The number of benzene rings is 1. The molecule has 2 heterocycles. The number of nitrogens with one attached hydrogen (secondary N) is 2. The van der Waals surface area contributed by atoms with Crippen molar-refractivity contribution in [3.63, 3.8) is 0 Å². The molecule has 3 rings (SSSR count). The maximum absolute atomic E-state index is 12.7. The van der Waals surface area contributed by atoms with E-state index >= 15 is 0 Å². The maximum Gasteiger partial charge on any atom is 0.416 e. The molecule has 0 radical (unpaired) electrons. The zero-order valence-electron chi connectivity index (χ0n) is 18.5. The van der Waals surface area contributed by atoms with Gasteiger partial charge in [-0.05, 0) is 67.5 Å². The van der Waals surface area contributed by atoms with Crippen molar-refractivity contribution < 1.29 is 18.0 Å². The second-order valence-corrected chi connectivity index (χ2v) is 8.66. The Morgan fingerprint density at radius 2 is 1.72 bits per heavy atom. The number of anilines is 2. The van der Waals surface area contributed by atoms with Gasteiger partial charge in [-0.25, -0.2) is 0 Å². The minimum Gasteiger partial charge on any atom is -0.373 e. The molecular formula is C24H31F3N4O. The quantitative estimate of drug-likeness (QED) is 0.599. The third-order valence-electron chi connectivity index (χ3n) is 5.98. The molecule has 0 saturated carbocycles. The Labute approximate surface area is 187 Å². The number of aromatic nitrogens is 1. The molecular weight excluding hydrogens is 417 g/mol. The van der Waals surface area contributed by atoms with Crippen molar-refractivity contribution in [2.75, 3.05) is 29.9 Å². The fourth-order valence-electron chi connectivity index (χ4n) is 4.01. The third kappa shape index (κ3) is 6.61. The van der Waals surface area contributed by atoms with Gasteiger partial charge >= 0.3 is 6.18 Å². The van der Waals surface area contributed by atoms with Crippen molar-refractivity contribution in [3.05, 3.63) is 54.4 Å². The highest BCUT2D eigenvalue weighted by Crippen LogP contribution is 2.30. The van der Waals surface area contributed by atoms with Crippen LogP contribution >= 0.6 is 0 Å². The molecule has 2 N–H and O–H groups in total. The van der Waals surface area contributed by atoms with Crippen LogP contribution in [0.2, 0.25) is 0 Å². The van der Waals surface area contributed by atoms with E-state index in [1.807, 2.05) is 26.0 Å². The third-order valence-corrected chi connectivity index (χ3v) is 5.98. The van der Waals surface area contributed by atoms with E-state index in [-0.39, 0.29) is 11.8 Å². The van der Waals surface area contributed by atoms with Crippen molar-refractivity contribution in [1.29, 1.82) is 0 Å². The van der Waals surface area contributed by atoms with Gasteiger partial charge in [0, 0.05) is 43.4 Å². The van der Waals surface area contributed by atoms with Gasteiger partial charge in [0.25, 0.3) is 0 Å². The molecule has 1 aliphatic heterocycles. The van der Waals surface area contributed by atoms with E-state index in [0.29, 0.717) is 18.2 Å². The van der Waals surface area contributed by atoms with Gasteiger partial charge in [0.05, 0.1) is 5.56 Å². The number of halogens is 3. The molecule has 5 nitrogen and oxygen atoms in total. The van der Waals surface area contributed by atoms with Gasteiger partial charge in [-0.2, -0.15) is 13.2 Å². The number of pyridine rings is 1. The van der Waals surface area contributed by atoms with E-state index in [4.69, 9.17) is 0 Å². The molecule has 32 heavy (non-hydrogen) atoms. The van der Waals surface area contributed by atoms with E-state index in [0.717, 1.165) is 44.5 Å². The monoisotopic (exact) mass is 448 g/mol. The van der Waals surface area contributed by atoms with Gasteiger partial charge in [0.15, 0.2) is 0 Å². The molecule has 1 fully saturated rings. The predicted octanol–water partition coefficient (Wildman–Crippen LogP) is 4.96. The Bertz CT molecular complexity index is 848. The first-order valence-corrected chi connectivity index (χ1v) is 11.1. The lowest BCUT2D eigenvalue weighted by Gasteiger charge is -2.33. The van der Waals surface area contributed by atoms with Gasteiger partial charge in [0.2, 0.25) is 5.91 Å². The number of alkyl halides is 3. The lowest BCUT2D eigenvalue weighted by Crippen LogP contribution is -2.44. The second kappa shape index (κ2) is 10.7. The number of carbonyl (C=O) groups is 1. The summed E-state index contributed by atoms with van der Waals surface area (Å²) in [6.45, 7) is 6.41. The zero-order valence-corrected chi connectivity index (χ0v) is 18.5. The van der Waals surface area contributed by atoms with E-state index in [2.05, 4.69) is 20.5 Å². The lowest BCUT2D eigenvalue weighted by molar-refractivity contribution is -0.137. The molecule has 2 aromatic rings. The Balaban J connectivity index is 1.44. The number of nitrogens with zero attached hydrogens (tertiary/aromatic N) is 2. The van der Waals surface area contributed by atoms with Gasteiger partial charge < -0.3 is 15.5 Å². The van der Waals surface area contributed by atoms with Crippen LogP contribution in [0.3, 0.4) is 0 Å². The maximum atomic E-state index is 12.7. The Kier molecular flexibility index (Phi) is 7.99. The number of rotatable bonds is 8. The SMILES string of the molecule is CC(C)[C@@H](Nc1ccc(C(F)(F)F)cc1)C(=O)NCCC1CCN(c2ccncc2)CC1. The van der Waals surface area contributed by atoms with Crippen molar-refractivity contribution in [1.82, 2.24) is 10.3 Å². The number of piperidine rings is 1. The highest BCUT2D eigenvalue weighted by molar-refractivity contribution is 5.84. The van der Waals surface area contributed by atoms with Gasteiger partial charge in [0.1, 0.15) is 6.04 Å². The fraction of sp³-hybridized carbons (Fsp3) is 0.500. The predicted molar refractivity (Wildman–Crippen MR) is 120 cm³/mol. The van der Waals surface area contributed by atoms with Crippen LogP contribution in [0.1, 0.15) is 38.7 Å². The Morgan fingerprint density at radius 1 is 1.09 bits per heavy atom. The summed E-state index contributed by atoms with van der Waals surface area (Å²) in [6.07, 6.45) is 2.32. The summed E-state index contributed by atoms with van der Waals surface area (Å²) in [5, 5.41) is 6.09. The van der Waals surface area contributed by atoms with Crippen LogP contribution in [0, 0.1) is 11.8 Å². The summed E-state index contributed by atoms with van der Waals surface area (Å²) < 4.78 is 38.2. The standard InChI is InChI=1S/C24H31F3N4O/c1-17(2)22(30-20-5-3-19(4-6-20)24(25,26)27)23(32)29-14-7-18-10-15-31(16-11-18)21-8-12-28-13-9-21/h3-6,8-9,12-13,17-18,22,30H,7,10-11,14-16H2,1-2H3,(H,29,32)/t22-/m1/s1. The van der Waals surface area contributed by atoms with Gasteiger partial charge in [-0.15, -0.1) is 0 Å². The van der Waals surface area contributed by atoms with Gasteiger partial charge in [-0.3, -0.25) is 9.78 Å². The average molecular weight is 449 g/mol. The lowest BCUT2D eigenvalue weighted by atomic mass is 9.93. The van der Waals surface area contributed by atoms with Crippen LogP contribution in [0.5, 0.6) is 0 Å². The molecule has 1 atom stereocenters. The zero-order chi connectivity index (χ0) is 23.1. The molecule has 1 aliphatic rings. The summed E-state index contributed by atoms with van der Waals surface area (Å²) in [4.78, 5) is 19.1. The van der Waals surface area contributed by atoms with E-state index in [9.17, 15) is 18.0 Å². The van der Waals surface area contributed by atoms with Crippen LogP contribution in [0.25, 0.3) is 0 Å². The molecule has 1 amide bonds. The second-order valence-electron chi connectivity index (χ2n) is 8.66. The van der Waals surface area contributed by atoms with E-state index in [1.165, 1.54) is 17.8 Å². The molecule has 0 bridgehead atoms. The van der Waals surface area contributed by atoms with Gasteiger partial charge in [-0.1, -0.05) is 13.8 Å². The molecule has 0 spiro atoms. The number of hydrogen-bond donors (Lipinski definition) is 2. The first kappa shape index (κ1) is 23.9. The van der Waals surface area contributed by atoms with Crippen LogP contribution in [-0.2, 0) is 11.0 Å². The average Bonchev–Trinajstić information content (AvgIpc) is 2.78. The van der Waals surface area contributed by atoms with Crippen LogP contribution in [0.15, 0.2) is 48.8 Å². The first-order valence-electron chi connectivity index (χ1n) is 11.1.